The second-order valence-corrected chi connectivity index (χ2v) is 7.46. The quantitative estimate of drug-likeness (QED) is 0.381. The van der Waals surface area contributed by atoms with Crippen LogP contribution in [0.3, 0.4) is 0 Å². The normalized spacial score (nSPS) is 10.4. The van der Waals surface area contributed by atoms with Crippen LogP contribution in [0.2, 0.25) is 0 Å². The predicted octanol–water partition coefficient (Wildman–Crippen LogP) is 4.85. The van der Waals surface area contributed by atoms with E-state index in [1.165, 1.54) is 18.1 Å². The number of ether oxygens (including phenoxy) is 2. The molecule has 0 bridgehead atoms. The van der Waals surface area contributed by atoms with Crippen molar-refractivity contribution in [3.63, 3.8) is 0 Å². The third-order valence-electron chi connectivity index (χ3n) is 4.97. The van der Waals surface area contributed by atoms with Crippen LogP contribution in [0, 0.1) is 11.6 Å². The standard InChI is InChI=1S/C25H25F2N3O5/c1-34-23-13-17(7-10-22(23)35-16-18-8-9-19(26)14-21(18)27)15-30(12-11-28-25(32)33)24(31)29-20-5-3-2-4-6-20/h2-10,13-14,28H,11-12,15-16H2,1H3,(H,29,31)(H,32,33). The average Bonchev–Trinajstić information content (AvgIpc) is 2.83. The highest BCUT2D eigenvalue weighted by atomic mass is 19.1. The van der Waals surface area contributed by atoms with Gasteiger partial charge in [-0.25, -0.2) is 18.4 Å². The fourth-order valence-corrected chi connectivity index (χ4v) is 3.22. The predicted molar refractivity (Wildman–Crippen MR) is 126 cm³/mol. The summed E-state index contributed by atoms with van der Waals surface area (Å²) >= 11 is 0. The van der Waals surface area contributed by atoms with E-state index in [0.717, 1.165) is 12.1 Å². The number of hydrogen-bond acceptors (Lipinski definition) is 4. The van der Waals surface area contributed by atoms with Gasteiger partial charge >= 0.3 is 12.1 Å². The molecule has 184 valence electrons. The number of rotatable bonds is 10. The third kappa shape index (κ3) is 7.60. The van der Waals surface area contributed by atoms with Crippen LogP contribution in [-0.4, -0.2) is 42.3 Å². The summed E-state index contributed by atoms with van der Waals surface area (Å²) in [5.74, 6) is -0.687. The zero-order valence-corrected chi connectivity index (χ0v) is 19.0. The van der Waals surface area contributed by atoms with Gasteiger partial charge in [-0.1, -0.05) is 24.3 Å². The van der Waals surface area contributed by atoms with Gasteiger partial charge in [0, 0.05) is 37.0 Å². The van der Waals surface area contributed by atoms with Gasteiger partial charge in [-0.05, 0) is 42.0 Å². The lowest BCUT2D eigenvalue weighted by atomic mass is 10.2. The van der Waals surface area contributed by atoms with Gasteiger partial charge in [0.25, 0.3) is 0 Å². The van der Waals surface area contributed by atoms with Gasteiger partial charge in [0.05, 0.1) is 7.11 Å². The van der Waals surface area contributed by atoms with Crippen molar-refractivity contribution in [3.8, 4) is 11.5 Å². The molecular formula is C25H25F2N3O5. The highest BCUT2D eigenvalue weighted by Crippen LogP contribution is 2.29. The highest BCUT2D eigenvalue weighted by molar-refractivity contribution is 5.89. The van der Waals surface area contributed by atoms with Gasteiger partial charge in [0.1, 0.15) is 18.2 Å². The van der Waals surface area contributed by atoms with Crippen LogP contribution in [0.25, 0.3) is 0 Å². The molecule has 10 heteroatoms. The molecule has 3 amide bonds. The maximum absolute atomic E-state index is 13.9. The molecule has 0 aliphatic carbocycles. The molecule has 35 heavy (non-hydrogen) atoms. The molecule has 0 heterocycles. The Labute approximate surface area is 201 Å². The maximum atomic E-state index is 13.9. The van der Waals surface area contributed by atoms with Gasteiger partial charge in [-0.2, -0.15) is 0 Å². The van der Waals surface area contributed by atoms with Gasteiger partial charge in [0.2, 0.25) is 0 Å². The summed E-state index contributed by atoms with van der Waals surface area (Å²) < 4.78 is 38.0. The van der Waals surface area contributed by atoms with Crippen molar-refractivity contribution >= 4 is 17.8 Å². The van der Waals surface area contributed by atoms with Crippen molar-refractivity contribution in [3.05, 3.63) is 89.5 Å². The minimum Gasteiger partial charge on any atom is -0.493 e. The Morgan fingerprint density at radius 2 is 1.77 bits per heavy atom. The number of carbonyl (C=O) groups excluding carboxylic acids is 1. The summed E-state index contributed by atoms with van der Waals surface area (Å²) in [4.78, 5) is 25.1. The van der Waals surface area contributed by atoms with Crippen LogP contribution >= 0.6 is 0 Å². The SMILES string of the molecule is COc1cc(CN(CCNC(=O)O)C(=O)Nc2ccccc2)ccc1OCc1ccc(F)cc1F. The van der Waals surface area contributed by atoms with Crippen molar-refractivity contribution in [2.75, 3.05) is 25.5 Å². The molecule has 0 atom stereocenters. The number of anilines is 1. The number of nitrogens with zero attached hydrogens (tertiary/aromatic N) is 1. The van der Waals surface area contributed by atoms with Crippen LogP contribution in [0.4, 0.5) is 24.1 Å². The summed E-state index contributed by atoms with van der Waals surface area (Å²) in [6, 6.07) is 16.7. The van der Waals surface area contributed by atoms with Gasteiger partial charge in [-0.15, -0.1) is 0 Å². The first-order chi connectivity index (χ1) is 16.9. The van der Waals surface area contributed by atoms with E-state index in [1.807, 2.05) is 6.07 Å². The zero-order chi connectivity index (χ0) is 25.2. The monoisotopic (exact) mass is 485 g/mol. The molecule has 0 aromatic heterocycles. The van der Waals surface area contributed by atoms with Gasteiger partial charge < -0.3 is 30.1 Å². The number of nitrogens with one attached hydrogen (secondary N) is 2. The fraction of sp³-hybridized carbons (Fsp3) is 0.200. The molecule has 0 fully saturated rings. The van der Waals surface area contributed by atoms with Gasteiger partial charge in [0.15, 0.2) is 11.5 Å². The molecule has 0 aliphatic heterocycles. The van der Waals surface area contributed by atoms with E-state index in [9.17, 15) is 18.4 Å². The Hall–Kier alpha value is -4.34. The average molecular weight is 485 g/mol. The lowest BCUT2D eigenvalue weighted by Crippen LogP contribution is -2.40. The Balaban J connectivity index is 1.71. The number of para-hydroxylation sites is 1. The molecule has 0 spiro atoms. The number of amides is 3. The second kappa shape index (κ2) is 12.2. The van der Waals surface area contributed by atoms with Crippen LogP contribution in [0.15, 0.2) is 66.7 Å². The summed E-state index contributed by atoms with van der Waals surface area (Å²) in [7, 11) is 1.45. The minimum absolute atomic E-state index is 0.0408. The summed E-state index contributed by atoms with van der Waals surface area (Å²) in [5, 5.41) is 13.9. The minimum atomic E-state index is -1.19. The number of hydrogen-bond donors (Lipinski definition) is 3. The molecule has 0 saturated heterocycles. The number of carbonyl (C=O) groups is 2. The molecule has 0 aliphatic rings. The van der Waals surface area contributed by atoms with E-state index in [1.54, 1.807) is 42.5 Å². The largest absolute Gasteiger partial charge is 0.493 e. The van der Waals surface area contributed by atoms with Gasteiger partial charge in [-0.3, -0.25) is 0 Å². The van der Waals surface area contributed by atoms with Crippen molar-refractivity contribution in [1.82, 2.24) is 10.2 Å². The van der Waals surface area contributed by atoms with Crippen LogP contribution < -0.4 is 20.1 Å². The number of methoxy groups -OCH3 is 1. The molecule has 0 unspecified atom stereocenters. The molecule has 0 saturated carbocycles. The molecule has 3 aromatic carbocycles. The molecule has 3 aromatic rings. The Morgan fingerprint density at radius 3 is 2.46 bits per heavy atom. The number of benzene rings is 3. The maximum Gasteiger partial charge on any atom is 0.404 e. The molecule has 3 rings (SSSR count). The summed E-state index contributed by atoms with van der Waals surface area (Å²) in [6.45, 7) is 0.186. The van der Waals surface area contributed by atoms with Crippen LogP contribution in [0.5, 0.6) is 11.5 Å². The lowest BCUT2D eigenvalue weighted by molar-refractivity contribution is 0.188. The Bertz CT molecular complexity index is 1160. The smallest absolute Gasteiger partial charge is 0.404 e. The Kier molecular flexibility index (Phi) is 8.82. The van der Waals surface area contributed by atoms with Crippen LogP contribution in [0.1, 0.15) is 11.1 Å². The molecular weight excluding hydrogens is 460 g/mol. The first-order valence-corrected chi connectivity index (χ1v) is 10.7. The van der Waals surface area contributed by atoms with E-state index in [4.69, 9.17) is 14.6 Å². The zero-order valence-electron chi connectivity index (χ0n) is 19.0. The van der Waals surface area contributed by atoms with E-state index >= 15 is 0 Å². The van der Waals surface area contributed by atoms with Crippen molar-refractivity contribution < 1.29 is 33.0 Å². The van der Waals surface area contributed by atoms with Crippen molar-refractivity contribution in [2.24, 2.45) is 0 Å². The third-order valence-corrected chi connectivity index (χ3v) is 4.97. The fourth-order valence-electron chi connectivity index (χ4n) is 3.22. The number of halogens is 2. The molecule has 0 radical (unpaired) electrons. The summed E-state index contributed by atoms with van der Waals surface area (Å²) in [5.41, 5.74) is 1.48. The van der Waals surface area contributed by atoms with Crippen LogP contribution in [-0.2, 0) is 13.2 Å². The first-order valence-electron chi connectivity index (χ1n) is 10.7. The van der Waals surface area contributed by atoms with E-state index in [2.05, 4.69) is 10.6 Å². The van der Waals surface area contributed by atoms with Crippen molar-refractivity contribution in [2.45, 2.75) is 13.2 Å². The number of urea groups is 1. The molecule has 8 nitrogen and oxygen atoms in total. The lowest BCUT2D eigenvalue weighted by Gasteiger charge is -2.24. The second-order valence-electron chi connectivity index (χ2n) is 7.46. The van der Waals surface area contributed by atoms with Crippen molar-refractivity contribution in [1.29, 1.82) is 0 Å². The first kappa shape index (κ1) is 25.3. The topological polar surface area (TPSA) is 100 Å². The highest BCUT2D eigenvalue weighted by Gasteiger charge is 2.16. The van der Waals surface area contributed by atoms with E-state index in [-0.39, 0.29) is 31.8 Å². The van der Waals surface area contributed by atoms with E-state index < -0.39 is 23.8 Å². The molecule has 3 N–H and O–H groups in total. The Morgan fingerprint density at radius 1 is 1.00 bits per heavy atom. The van der Waals surface area contributed by atoms with E-state index in [0.29, 0.717) is 22.7 Å². The summed E-state index contributed by atoms with van der Waals surface area (Å²) in [6.07, 6.45) is -1.19. The number of carboxylic acid groups (broad SMARTS) is 1.